The number of carbonyl (C=O) groups is 2. The summed E-state index contributed by atoms with van der Waals surface area (Å²) in [7, 11) is 0. The summed E-state index contributed by atoms with van der Waals surface area (Å²) in [5.74, 6) is -0.401. The molecule has 0 fully saturated rings. The molecule has 3 N–H and O–H groups in total. The summed E-state index contributed by atoms with van der Waals surface area (Å²) in [6.45, 7) is 2.35. The minimum absolute atomic E-state index is 0.00250. The minimum atomic E-state index is -0.362. The minimum Gasteiger partial charge on any atom is -0.503 e. The van der Waals surface area contributed by atoms with Crippen molar-refractivity contribution in [2.75, 3.05) is 13.2 Å². The van der Waals surface area contributed by atoms with Gasteiger partial charge in [0, 0.05) is 13.0 Å². The number of ether oxygens (including phenoxy) is 1. The highest BCUT2D eigenvalue weighted by Gasteiger charge is 2.10. The number of hydrogen-bond acceptors (Lipinski definition) is 5. The lowest BCUT2D eigenvalue weighted by molar-refractivity contribution is -0.120. The summed E-state index contributed by atoms with van der Waals surface area (Å²) in [5, 5.41) is 16.7. The Hall–Kier alpha value is -2.58. The van der Waals surface area contributed by atoms with Crippen molar-refractivity contribution in [2.24, 2.45) is 5.10 Å². The lowest BCUT2D eigenvalue weighted by Crippen LogP contribution is -2.29. The molecule has 0 aliphatic rings. The molecule has 0 spiro atoms. The summed E-state index contributed by atoms with van der Waals surface area (Å²) in [5.41, 5.74) is 3.35. The number of hydrogen-bond donors (Lipinski definition) is 3. The number of carbonyl (C=O) groups excluding carboxylic acids is 2. The van der Waals surface area contributed by atoms with Gasteiger partial charge in [0.1, 0.15) is 0 Å². The quantitative estimate of drug-likeness (QED) is 0.408. The Morgan fingerprint density at radius 2 is 2.07 bits per heavy atom. The van der Waals surface area contributed by atoms with Crippen LogP contribution in [0.25, 0.3) is 0 Å². The molecular formula is C19H19BrClN3O4. The largest absolute Gasteiger partial charge is 0.503 e. The van der Waals surface area contributed by atoms with Crippen LogP contribution in [-0.4, -0.2) is 36.3 Å². The van der Waals surface area contributed by atoms with E-state index in [2.05, 4.69) is 31.8 Å². The zero-order valence-corrected chi connectivity index (χ0v) is 17.4. The maximum atomic E-state index is 12.0. The van der Waals surface area contributed by atoms with E-state index in [1.165, 1.54) is 6.21 Å². The molecule has 0 aliphatic heterocycles. The Labute approximate surface area is 175 Å². The fraction of sp³-hybridized carbons (Fsp3) is 0.211. The van der Waals surface area contributed by atoms with E-state index in [1.807, 2.05) is 0 Å². The van der Waals surface area contributed by atoms with Gasteiger partial charge in [-0.2, -0.15) is 5.10 Å². The number of aromatic hydroxyl groups is 1. The highest BCUT2D eigenvalue weighted by Crippen LogP contribution is 2.35. The molecule has 0 atom stereocenters. The predicted molar refractivity (Wildman–Crippen MR) is 111 cm³/mol. The smallest absolute Gasteiger partial charge is 0.252 e. The van der Waals surface area contributed by atoms with E-state index in [4.69, 9.17) is 16.3 Å². The molecule has 148 valence electrons. The van der Waals surface area contributed by atoms with Gasteiger partial charge in [0.15, 0.2) is 11.5 Å². The molecule has 0 radical (unpaired) electrons. The number of halogens is 2. The van der Waals surface area contributed by atoms with Gasteiger partial charge in [-0.15, -0.1) is 0 Å². The molecule has 0 saturated carbocycles. The zero-order chi connectivity index (χ0) is 20.5. The van der Waals surface area contributed by atoms with Crippen molar-refractivity contribution < 1.29 is 19.4 Å². The first kappa shape index (κ1) is 21.7. The van der Waals surface area contributed by atoms with E-state index in [1.54, 1.807) is 43.3 Å². The van der Waals surface area contributed by atoms with E-state index >= 15 is 0 Å². The molecule has 0 aliphatic carbocycles. The molecule has 7 nitrogen and oxygen atoms in total. The molecule has 0 aromatic heterocycles. The Kier molecular flexibility index (Phi) is 8.28. The topological polar surface area (TPSA) is 100 Å². The summed E-state index contributed by atoms with van der Waals surface area (Å²) in [4.78, 5) is 23.8. The van der Waals surface area contributed by atoms with Crippen LogP contribution in [0.2, 0.25) is 5.02 Å². The molecule has 2 aromatic rings. The predicted octanol–water partition coefficient (Wildman–Crippen LogP) is 3.48. The molecule has 0 saturated heterocycles. The first-order valence-electron chi connectivity index (χ1n) is 8.42. The Balaban J connectivity index is 1.82. The second-order valence-corrected chi connectivity index (χ2v) is 6.82. The standard InChI is InChI=1S/C19H19BrClN3O4/c1-2-28-16-10-12(9-14(20)18(16)26)11-23-24-17(25)7-8-22-19(27)13-5-3-4-6-15(13)21/h3-6,9-11,26H,2,7-8H2,1H3,(H,22,27)(H,24,25). The molecular weight excluding hydrogens is 450 g/mol. The molecule has 9 heteroatoms. The Bertz CT molecular complexity index is 889. The molecule has 0 heterocycles. The van der Waals surface area contributed by atoms with Crippen LogP contribution in [-0.2, 0) is 4.79 Å². The zero-order valence-electron chi connectivity index (χ0n) is 15.0. The van der Waals surface area contributed by atoms with E-state index in [-0.39, 0.29) is 30.5 Å². The van der Waals surface area contributed by atoms with Gasteiger partial charge in [-0.25, -0.2) is 5.43 Å². The van der Waals surface area contributed by atoms with Gasteiger partial charge in [-0.1, -0.05) is 23.7 Å². The van der Waals surface area contributed by atoms with Crippen LogP contribution < -0.4 is 15.5 Å². The number of benzene rings is 2. The summed E-state index contributed by atoms with van der Waals surface area (Å²) in [6, 6.07) is 9.90. The van der Waals surface area contributed by atoms with Crippen LogP contribution in [0, 0.1) is 0 Å². The third kappa shape index (κ3) is 6.24. The van der Waals surface area contributed by atoms with E-state index in [0.717, 1.165) is 0 Å². The van der Waals surface area contributed by atoms with Gasteiger partial charge in [-0.3, -0.25) is 9.59 Å². The summed E-state index contributed by atoms with van der Waals surface area (Å²) < 4.78 is 5.78. The van der Waals surface area contributed by atoms with Crippen LogP contribution in [0.4, 0.5) is 0 Å². The second kappa shape index (κ2) is 10.7. The Morgan fingerprint density at radius 3 is 2.79 bits per heavy atom. The van der Waals surface area contributed by atoms with Crippen molar-refractivity contribution in [2.45, 2.75) is 13.3 Å². The number of phenolic OH excluding ortho intramolecular Hbond substituents is 1. The normalized spacial score (nSPS) is 10.7. The van der Waals surface area contributed by atoms with Crippen molar-refractivity contribution in [1.29, 1.82) is 0 Å². The van der Waals surface area contributed by atoms with Crippen LogP contribution in [0.5, 0.6) is 11.5 Å². The first-order valence-corrected chi connectivity index (χ1v) is 9.59. The monoisotopic (exact) mass is 467 g/mol. The lowest BCUT2D eigenvalue weighted by atomic mass is 10.2. The van der Waals surface area contributed by atoms with Gasteiger partial charge in [0.25, 0.3) is 5.91 Å². The van der Waals surface area contributed by atoms with Crippen LogP contribution in [0.1, 0.15) is 29.3 Å². The number of nitrogens with zero attached hydrogens (tertiary/aromatic N) is 1. The Morgan fingerprint density at radius 1 is 1.32 bits per heavy atom. The van der Waals surface area contributed by atoms with Crippen molar-refractivity contribution in [3.8, 4) is 11.5 Å². The third-order valence-corrected chi connectivity index (χ3v) is 4.44. The fourth-order valence-electron chi connectivity index (χ4n) is 2.20. The second-order valence-electron chi connectivity index (χ2n) is 5.56. The molecule has 2 amide bonds. The van der Waals surface area contributed by atoms with Gasteiger partial charge >= 0.3 is 0 Å². The van der Waals surface area contributed by atoms with Crippen molar-refractivity contribution in [1.82, 2.24) is 10.7 Å². The van der Waals surface area contributed by atoms with Crippen molar-refractivity contribution >= 4 is 45.6 Å². The number of rotatable bonds is 8. The average molecular weight is 469 g/mol. The highest BCUT2D eigenvalue weighted by molar-refractivity contribution is 9.10. The molecule has 0 bridgehead atoms. The number of amides is 2. The first-order chi connectivity index (χ1) is 13.4. The van der Waals surface area contributed by atoms with Gasteiger partial charge in [0.2, 0.25) is 5.91 Å². The summed E-state index contributed by atoms with van der Waals surface area (Å²) >= 11 is 9.18. The lowest BCUT2D eigenvalue weighted by Gasteiger charge is -2.08. The maximum Gasteiger partial charge on any atom is 0.252 e. The van der Waals surface area contributed by atoms with E-state index < -0.39 is 0 Å². The molecule has 0 unspecified atom stereocenters. The van der Waals surface area contributed by atoms with Crippen LogP contribution in [0.3, 0.4) is 0 Å². The number of phenols is 1. The molecule has 28 heavy (non-hydrogen) atoms. The highest BCUT2D eigenvalue weighted by atomic mass is 79.9. The number of nitrogens with one attached hydrogen (secondary N) is 2. The average Bonchev–Trinajstić information content (AvgIpc) is 2.66. The van der Waals surface area contributed by atoms with E-state index in [9.17, 15) is 14.7 Å². The van der Waals surface area contributed by atoms with Gasteiger partial charge in [0.05, 0.1) is 27.9 Å². The van der Waals surface area contributed by atoms with Crippen LogP contribution in [0.15, 0.2) is 46.0 Å². The van der Waals surface area contributed by atoms with Crippen molar-refractivity contribution in [3.63, 3.8) is 0 Å². The third-order valence-electron chi connectivity index (χ3n) is 3.51. The van der Waals surface area contributed by atoms with Crippen LogP contribution >= 0.6 is 27.5 Å². The maximum absolute atomic E-state index is 12.0. The van der Waals surface area contributed by atoms with E-state index in [0.29, 0.717) is 33.0 Å². The summed E-state index contributed by atoms with van der Waals surface area (Å²) in [6.07, 6.45) is 1.48. The fourth-order valence-corrected chi connectivity index (χ4v) is 2.88. The SMILES string of the molecule is CCOc1cc(C=NNC(=O)CCNC(=O)c2ccccc2Cl)cc(Br)c1O. The van der Waals surface area contributed by atoms with Gasteiger partial charge in [-0.05, 0) is 52.7 Å². The van der Waals surface area contributed by atoms with Gasteiger partial charge < -0.3 is 15.2 Å². The molecule has 2 aromatic carbocycles. The molecule has 2 rings (SSSR count). The number of hydrazone groups is 1. The van der Waals surface area contributed by atoms with Crippen molar-refractivity contribution in [3.05, 3.63) is 57.0 Å².